The van der Waals surface area contributed by atoms with Gasteiger partial charge in [0.2, 0.25) is 0 Å². The Morgan fingerprint density at radius 2 is 1.83 bits per heavy atom. The summed E-state index contributed by atoms with van der Waals surface area (Å²) in [7, 11) is 0. The normalized spacial score (nSPS) is 5.17. The predicted octanol–water partition coefficient (Wildman–Crippen LogP) is -0.145. The first-order valence-corrected chi connectivity index (χ1v) is 3.57. The molecule has 0 unspecified atom stereocenters. The molecule has 32 valence electrons. The van der Waals surface area contributed by atoms with Crippen molar-refractivity contribution in [3.63, 3.8) is 0 Å². The number of hydrogen-bond donors (Lipinski definition) is 1. The van der Waals surface area contributed by atoms with Crippen LogP contribution in [0.1, 0.15) is 0 Å². The summed E-state index contributed by atoms with van der Waals surface area (Å²) < 4.78 is 2.14. The van der Waals surface area contributed by atoms with Crippen LogP contribution in [0.15, 0.2) is 0 Å². The van der Waals surface area contributed by atoms with Gasteiger partial charge in [-0.05, 0) is 0 Å². The molecular weight excluding hydrogens is 97.0 g/mol. The molecule has 0 atom stereocenters. The fourth-order valence-electron chi connectivity index (χ4n) is 0. The third-order valence-corrected chi connectivity index (χ3v) is 0. The zero-order valence-electron chi connectivity index (χ0n) is 3.71. The molecule has 4 nitrogen and oxygen atoms in total. The number of hydrogen-bond acceptors (Lipinski definition) is 2. The van der Waals surface area contributed by atoms with Crippen molar-refractivity contribution in [1.82, 2.24) is 0 Å². The molecule has 0 aliphatic heterocycles. The van der Waals surface area contributed by atoms with Gasteiger partial charge in [0.1, 0.15) is 0 Å². The topological polar surface area (TPSA) is 63.4 Å². The Morgan fingerprint density at radius 3 is 1.83 bits per heavy atom. The Bertz CT molecular complexity index is 33.8. The maximum absolute atomic E-state index is 8.36. The van der Waals surface area contributed by atoms with E-state index in [-0.39, 0.29) is 0 Å². The fraction of sp³-hybridized carbons (Fsp3) is 1.00. The molecule has 1 N–H and O–H groups in total. The van der Waals surface area contributed by atoms with Crippen molar-refractivity contribution in [1.29, 1.82) is 0 Å². The van der Waals surface area contributed by atoms with Crippen LogP contribution in [-0.4, -0.2) is 38.2 Å². The number of nitrogens with zero attached hydrogens (tertiary/aromatic N) is 1. The summed E-state index contributed by atoms with van der Waals surface area (Å²) in [6.07, 6.45) is 0. The molecule has 0 fully saturated rings. The summed E-state index contributed by atoms with van der Waals surface area (Å²) in [4.78, 5) is 8.36. The minimum absolute atomic E-state index is 1.31. The quantitative estimate of drug-likeness (QED) is 0.262. The summed E-state index contributed by atoms with van der Waals surface area (Å²) >= 11 is 1.31. The van der Waals surface area contributed by atoms with Crippen molar-refractivity contribution < 1.29 is 10.3 Å². The summed E-state index contributed by atoms with van der Waals surface area (Å²) in [5, 5.41) is 13.6. The van der Waals surface area contributed by atoms with Gasteiger partial charge in [-0.1, -0.05) is 0 Å². The van der Waals surface area contributed by atoms with Crippen molar-refractivity contribution in [2.75, 3.05) is 0 Å². The van der Waals surface area contributed by atoms with Gasteiger partial charge in [-0.2, -0.15) is 0 Å². The monoisotopic (exact) mass is 101 g/mol. The molecule has 0 radical (unpaired) electrons. The van der Waals surface area contributed by atoms with E-state index in [9.17, 15) is 0 Å². The third-order valence-electron chi connectivity index (χ3n) is 0. The van der Waals surface area contributed by atoms with E-state index in [0.29, 0.717) is 0 Å². The Kier molecular flexibility index (Phi) is 14.2. The standard InChI is InChI=1S/CH3.HNO3.Na/c;2-1(3)4;/h1H3;(H,2,3,4);. The first-order valence-electron chi connectivity index (χ1n) is 1.57. The molecule has 0 rings (SSSR count). The van der Waals surface area contributed by atoms with E-state index in [1.165, 1.54) is 27.9 Å². The van der Waals surface area contributed by atoms with Crippen molar-refractivity contribution >= 4 is 27.9 Å². The van der Waals surface area contributed by atoms with Crippen LogP contribution in [0, 0.1) is 10.1 Å². The third kappa shape index (κ3) is 1080. The zero-order valence-corrected chi connectivity index (χ0v) is 5.71. The van der Waals surface area contributed by atoms with Crippen molar-refractivity contribution in [2.45, 2.75) is 4.17 Å². The first-order chi connectivity index (χ1) is 2.73. The SMILES string of the molecule is O=[N+]([O-])O.[CH3][Na]. The van der Waals surface area contributed by atoms with E-state index in [1.807, 2.05) is 0 Å². The van der Waals surface area contributed by atoms with Gasteiger partial charge in [-0.15, -0.1) is 10.1 Å². The Balaban J connectivity index is 0. The van der Waals surface area contributed by atoms with E-state index < -0.39 is 5.09 Å². The van der Waals surface area contributed by atoms with Gasteiger partial charge in [0, 0.05) is 0 Å². The van der Waals surface area contributed by atoms with Gasteiger partial charge in [0.15, 0.2) is 0 Å². The molecule has 0 aromatic rings. The van der Waals surface area contributed by atoms with Crippen molar-refractivity contribution in [2.24, 2.45) is 0 Å². The average Bonchev–Trinajstić information content (AvgIpc) is 1.41. The molecule has 0 aliphatic rings. The molecule has 0 bridgehead atoms. The molecule has 0 aromatic heterocycles. The predicted molar refractivity (Wildman–Crippen MR) is 20.4 cm³/mol. The summed E-state index contributed by atoms with van der Waals surface area (Å²) in [5.41, 5.74) is 0. The van der Waals surface area contributed by atoms with E-state index in [2.05, 4.69) is 4.17 Å². The summed E-state index contributed by atoms with van der Waals surface area (Å²) in [5.74, 6) is 0. The van der Waals surface area contributed by atoms with Crippen molar-refractivity contribution in [3.05, 3.63) is 10.1 Å². The van der Waals surface area contributed by atoms with Gasteiger partial charge in [-0.3, -0.25) is 0 Å². The van der Waals surface area contributed by atoms with Gasteiger partial charge in [-0.25, -0.2) is 0 Å². The van der Waals surface area contributed by atoms with E-state index in [4.69, 9.17) is 15.3 Å². The Labute approximate surface area is 52.7 Å². The second-order valence-electron chi connectivity index (χ2n) is 0.238. The molecule has 0 saturated heterocycles. The van der Waals surface area contributed by atoms with Crippen LogP contribution < -0.4 is 0 Å². The minimum atomic E-state index is -1.50. The Morgan fingerprint density at radius 1 is 1.83 bits per heavy atom. The maximum atomic E-state index is 8.36. The molecule has 0 aliphatic carbocycles. The molecule has 0 saturated carbocycles. The molecule has 0 aromatic carbocycles. The van der Waals surface area contributed by atoms with Crippen LogP contribution in [0.3, 0.4) is 0 Å². The summed E-state index contributed by atoms with van der Waals surface area (Å²) in [6, 6.07) is 0. The summed E-state index contributed by atoms with van der Waals surface area (Å²) in [6.45, 7) is 0. The van der Waals surface area contributed by atoms with Crippen molar-refractivity contribution in [3.8, 4) is 0 Å². The zero-order chi connectivity index (χ0) is 5.58. The average molecular weight is 101 g/mol. The number of rotatable bonds is 0. The van der Waals surface area contributed by atoms with Crippen LogP contribution in [0.5, 0.6) is 0 Å². The van der Waals surface area contributed by atoms with Gasteiger partial charge in [0.05, 0.1) is 0 Å². The second-order valence-corrected chi connectivity index (χ2v) is 0.238. The molecule has 0 amide bonds. The van der Waals surface area contributed by atoms with Crippen LogP contribution in [0.25, 0.3) is 0 Å². The van der Waals surface area contributed by atoms with Gasteiger partial charge >= 0.3 is 32.1 Å². The van der Waals surface area contributed by atoms with E-state index in [1.54, 1.807) is 0 Å². The van der Waals surface area contributed by atoms with E-state index in [0.717, 1.165) is 0 Å². The van der Waals surface area contributed by atoms with Gasteiger partial charge < -0.3 is 5.21 Å². The van der Waals surface area contributed by atoms with Crippen LogP contribution in [0.2, 0.25) is 4.17 Å². The molecule has 5 heteroatoms. The van der Waals surface area contributed by atoms with Gasteiger partial charge in [0.25, 0.3) is 5.09 Å². The first kappa shape index (κ1) is 9.50. The molecular formula is CH4NNaO3. The molecule has 6 heavy (non-hydrogen) atoms. The second kappa shape index (κ2) is 8.96. The molecule has 0 heterocycles. The van der Waals surface area contributed by atoms with Crippen LogP contribution in [-0.2, 0) is 0 Å². The van der Waals surface area contributed by atoms with E-state index >= 15 is 0 Å². The Hall–Kier alpha value is 0.200. The fourth-order valence-corrected chi connectivity index (χ4v) is 0. The van der Waals surface area contributed by atoms with Crippen LogP contribution in [0.4, 0.5) is 0 Å². The molecule has 0 spiro atoms. The van der Waals surface area contributed by atoms with Crippen LogP contribution >= 0.6 is 0 Å².